The van der Waals surface area contributed by atoms with Gasteiger partial charge in [-0.3, -0.25) is 0 Å². The van der Waals surface area contributed by atoms with Crippen molar-refractivity contribution < 1.29 is 51.7 Å². The van der Waals surface area contributed by atoms with E-state index in [4.69, 9.17) is 25.5 Å². The Balaban J connectivity index is -0.0000000331. The van der Waals surface area contributed by atoms with Crippen molar-refractivity contribution in [3.05, 3.63) is 0 Å². The first-order valence-electron chi connectivity index (χ1n) is 7.06. The number of aliphatic hydroxyl groups is 5. The van der Waals surface area contributed by atoms with Crippen LogP contribution in [0.4, 0.5) is 0 Å². The third-order valence-electron chi connectivity index (χ3n) is 0. The molecule has 0 aliphatic heterocycles. The maximum Gasteiger partial charge on any atom is 0.0483 e. The summed E-state index contributed by atoms with van der Waals surface area (Å²) < 4.78 is 0. The van der Waals surface area contributed by atoms with Gasteiger partial charge < -0.3 is 25.5 Å². The molecule has 0 saturated heterocycles. The molecule has 0 saturated carbocycles. The minimum absolute atomic E-state index is 0. The molecule has 134 valence electrons. The summed E-state index contributed by atoms with van der Waals surface area (Å²) in [5.41, 5.74) is 0. The first-order chi connectivity index (χ1) is 8.66. The maximum atomic E-state index is 8.06. The van der Waals surface area contributed by atoms with Crippen LogP contribution in [0.2, 0.25) is 0 Å². The van der Waals surface area contributed by atoms with Gasteiger partial charge in [-0.05, 0) is 69.2 Å². The molecule has 6 heteroatoms. The minimum atomic E-state index is -0.167. The Morgan fingerprint density at radius 3 is 0.333 bits per heavy atom. The predicted molar refractivity (Wildman–Crippen MR) is 86.8 cm³/mol. The van der Waals surface area contributed by atoms with E-state index in [1.807, 2.05) is 0 Å². The van der Waals surface area contributed by atoms with Crippen LogP contribution in [0.3, 0.4) is 0 Å². The van der Waals surface area contributed by atoms with Crippen molar-refractivity contribution in [2.24, 2.45) is 0 Å². The molecule has 0 aliphatic rings. The van der Waals surface area contributed by atoms with Crippen LogP contribution in [-0.2, 0) is 26.2 Å². The molecule has 0 heterocycles. The molecule has 0 radical (unpaired) electrons. The molecule has 0 spiro atoms. The quantitative estimate of drug-likeness (QED) is 0.434. The zero-order valence-electron chi connectivity index (χ0n) is 15.6. The third-order valence-corrected chi connectivity index (χ3v) is 0. The molecule has 0 aromatic carbocycles. The van der Waals surface area contributed by atoms with E-state index in [-0.39, 0.29) is 56.7 Å². The summed E-state index contributed by atoms with van der Waals surface area (Å²) >= 11 is 0. The number of rotatable bonds is 0. The summed E-state index contributed by atoms with van der Waals surface area (Å²) in [5.74, 6) is 0. The second kappa shape index (κ2) is 32.6. The van der Waals surface area contributed by atoms with Crippen LogP contribution in [0.25, 0.3) is 0 Å². The van der Waals surface area contributed by atoms with Gasteiger partial charge in [-0.15, -0.1) is 0 Å². The van der Waals surface area contributed by atoms with Crippen molar-refractivity contribution >= 4 is 0 Å². The molecule has 0 bridgehead atoms. The molecule has 0 aromatic heterocycles. The van der Waals surface area contributed by atoms with E-state index in [1.54, 1.807) is 69.2 Å². The summed E-state index contributed by atoms with van der Waals surface area (Å²) in [6.45, 7) is 17.2. The van der Waals surface area contributed by atoms with Crippen LogP contribution in [0.1, 0.15) is 69.2 Å². The second-order valence-corrected chi connectivity index (χ2v) is 5.47. The summed E-state index contributed by atoms with van der Waals surface area (Å²) in [4.78, 5) is 0. The van der Waals surface area contributed by atoms with Gasteiger partial charge in [0.15, 0.2) is 0 Å². The molecule has 0 unspecified atom stereocenters. The smallest absolute Gasteiger partial charge is 0.0483 e. The Bertz CT molecular complexity index is 80.6. The molecular weight excluding hydrogens is 351 g/mol. The minimum Gasteiger partial charge on any atom is -0.394 e. The fraction of sp³-hybridized carbons (Fsp3) is 1.00. The Hall–Kier alpha value is 0.683. The molecular formula is C15H40O5Zr. The van der Waals surface area contributed by atoms with Gasteiger partial charge in [0, 0.05) is 56.7 Å². The van der Waals surface area contributed by atoms with Gasteiger partial charge in [0.2, 0.25) is 0 Å². The molecule has 0 amide bonds. The SMILES string of the molecule is CC(C)O.CC(C)O.CC(C)O.CC(C)O.CC(C)O.[Zr]. The number of hydrogen-bond donors (Lipinski definition) is 5. The van der Waals surface area contributed by atoms with Crippen molar-refractivity contribution in [3.63, 3.8) is 0 Å². The van der Waals surface area contributed by atoms with Gasteiger partial charge in [-0.2, -0.15) is 0 Å². The fourth-order valence-electron chi connectivity index (χ4n) is 0. The van der Waals surface area contributed by atoms with E-state index in [1.165, 1.54) is 0 Å². The Morgan fingerprint density at radius 1 is 0.333 bits per heavy atom. The Kier molecular flexibility index (Phi) is 58.5. The van der Waals surface area contributed by atoms with Crippen LogP contribution in [0.15, 0.2) is 0 Å². The van der Waals surface area contributed by atoms with E-state index in [9.17, 15) is 0 Å². The molecule has 5 nitrogen and oxygen atoms in total. The van der Waals surface area contributed by atoms with Gasteiger partial charge in [-0.1, -0.05) is 0 Å². The molecule has 21 heavy (non-hydrogen) atoms. The molecule has 0 aromatic rings. The van der Waals surface area contributed by atoms with Gasteiger partial charge >= 0.3 is 0 Å². The van der Waals surface area contributed by atoms with E-state index < -0.39 is 0 Å². The predicted octanol–water partition coefficient (Wildman–Crippen LogP) is 1.93. The monoisotopic (exact) mass is 390 g/mol. The van der Waals surface area contributed by atoms with E-state index in [0.717, 1.165) is 0 Å². The van der Waals surface area contributed by atoms with E-state index in [0.29, 0.717) is 0 Å². The molecule has 5 N–H and O–H groups in total. The summed E-state index contributed by atoms with van der Waals surface area (Å²) in [6.07, 6.45) is -0.833. The van der Waals surface area contributed by atoms with Gasteiger partial charge in [-0.25, -0.2) is 0 Å². The van der Waals surface area contributed by atoms with Crippen LogP contribution in [-0.4, -0.2) is 56.1 Å². The fourth-order valence-corrected chi connectivity index (χ4v) is 0. The van der Waals surface area contributed by atoms with Crippen LogP contribution >= 0.6 is 0 Å². The molecule has 0 atom stereocenters. The normalized spacial score (nSPS) is 8.57. The second-order valence-electron chi connectivity index (χ2n) is 5.47. The van der Waals surface area contributed by atoms with E-state index >= 15 is 0 Å². The summed E-state index contributed by atoms with van der Waals surface area (Å²) in [6, 6.07) is 0. The summed E-state index contributed by atoms with van der Waals surface area (Å²) in [5, 5.41) is 40.3. The van der Waals surface area contributed by atoms with Crippen molar-refractivity contribution in [3.8, 4) is 0 Å². The zero-order valence-corrected chi connectivity index (χ0v) is 18.1. The third kappa shape index (κ3) is 15500. The van der Waals surface area contributed by atoms with Crippen LogP contribution in [0, 0.1) is 0 Å². The first kappa shape index (κ1) is 37.7. The van der Waals surface area contributed by atoms with Crippen molar-refractivity contribution in [2.45, 2.75) is 99.8 Å². The average molecular weight is 392 g/mol. The zero-order chi connectivity index (χ0) is 17.9. The molecule has 0 fully saturated rings. The maximum absolute atomic E-state index is 8.06. The van der Waals surface area contributed by atoms with Gasteiger partial charge in [0.25, 0.3) is 0 Å². The molecule has 0 aliphatic carbocycles. The Labute approximate surface area is 151 Å². The number of aliphatic hydroxyl groups excluding tert-OH is 5. The summed E-state index contributed by atoms with van der Waals surface area (Å²) in [7, 11) is 0. The van der Waals surface area contributed by atoms with E-state index in [2.05, 4.69) is 0 Å². The largest absolute Gasteiger partial charge is 0.394 e. The first-order valence-corrected chi connectivity index (χ1v) is 7.06. The number of hydrogen-bond acceptors (Lipinski definition) is 5. The topological polar surface area (TPSA) is 101 Å². The Morgan fingerprint density at radius 2 is 0.333 bits per heavy atom. The van der Waals surface area contributed by atoms with Crippen molar-refractivity contribution in [1.29, 1.82) is 0 Å². The van der Waals surface area contributed by atoms with Crippen LogP contribution < -0.4 is 0 Å². The average Bonchev–Trinajstić information content (AvgIpc) is 1.94. The van der Waals surface area contributed by atoms with Crippen molar-refractivity contribution in [1.82, 2.24) is 0 Å². The van der Waals surface area contributed by atoms with Gasteiger partial charge in [0.1, 0.15) is 0 Å². The van der Waals surface area contributed by atoms with Gasteiger partial charge in [0.05, 0.1) is 0 Å². The standard InChI is InChI=1S/5C3H8O.Zr/c5*1-3(2)4;/h5*3-4H,1-2H3;. The van der Waals surface area contributed by atoms with Crippen molar-refractivity contribution in [2.75, 3.05) is 0 Å². The molecule has 0 rings (SSSR count). The van der Waals surface area contributed by atoms with Crippen LogP contribution in [0.5, 0.6) is 0 Å².